The van der Waals surface area contributed by atoms with Crippen molar-refractivity contribution in [1.82, 2.24) is 4.90 Å². The van der Waals surface area contributed by atoms with Gasteiger partial charge in [-0.25, -0.2) is 0 Å². The number of hydrogen-bond acceptors (Lipinski definition) is 3. The quantitative estimate of drug-likeness (QED) is 0.714. The standard InChI is InChI=1S/C11H22N2O2/c1-2-10(6-11(14)15)13-5-3-4-9(7-12)8-13/h9-10H,2-8,12H2,1H3,(H,14,15). The minimum atomic E-state index is -0.697. The molecule has 3 N–H and O–H groups in total. The van der Waals surface area contributed by atoms with Crippen molar-refractivity contribution in [2.45, 2.75) is 38.6 Å². The van der Waals surface area contributed by atoms with E-state index in [1.165, 1.54) is 6.42 Å². The van der Waals surface area contributed by atoms with Gasteiger partial charge in [0.15, 0.2) is 0 Å². The lowest BCUT2D eigenvalue weighted by atomic mass is 9.95. The highest BCUT2D eigenvalue weighted by Crippen LogP contribution is 2.20. The summed E-state index contributed by atoms with van der Waals surface area (Å²) in [5.74, 6) is -0.140. The van der Waals surface area contributed by atoms with Gasteiger partial charge in [-0.2, -0.15) is 0 Å². The average Bonchev–Trinajstić information content (AvgIpc) is 2.25. The summed E-state index contributed by atoms with van der Waals surface area (Å²) in [6.45, 7) is 4.78. The third-order valence-electron chi connectivity index (χ3n) is 3.28. The molecule has 0 saturated carbocycles. The molecule has 1 aliphatic rings. The highest BCUT2D eigenvalue weighted by atomic mass is 16.4. The summed E-state index contributed by atoms with van der Waals surface area (Å²) in [7, 11) is 0. The molecule has 1 saturated heterocycles. The van der Waals surface area contributed by atoms with Gasteiger partial charge >= 0.3 is 5.97 Å². The molecule has 2 unspecified atom stereocenters. The van der Waals surface area contributed by atoms with Crippen LogP contribution in [0.25, 0.3) is 0 Å². The maximum absolute atomic E-state index is 10.7. The number of piperidine rings is 1. The highest BCUT2D eigenvalue weighted by Gasteiger charge is 2.25. The minimum Gasteiger partial charge on any atom is -0.481 e. The molecule has 0 radical (unpaired) electrons. The molecule has 4 nitrogen and oxygen atoms in total. The Kier molecular flexibility index (Phi) is 5.05. The van der Waals surface area contributed by atoms with Gasteiger partial charge < -0.3 is 10.8 Å². The van der Waals surface area contributed by atoms with Gasteiger partial charge in [-0.15, -0.1) is 0 Å². The number of rotatable bonds is 5. The maximum atomic E-state index is 10.7. The molecule has 1 fully saturated rings. The Morgan fingerprint density at radius 3 is 2.93 bits per heavy atom. The van der Waals surface area contributed by atoms with Crippen LogP contribution in [0.5, 0.6) is 0 Å². The number of hydrogen-bond donors (Lipinski definition) is 2. The van der Waals surface area contributed by atoms with Gasteiger partial charge in [-0.3, -0.25) is 9.69 Å². The van der Waals surface area contributed by atoms with Crippen molar-refractivity contribution in [3.8, 4) is 0 Å². The van der Waals surface area contributed by atoms with E-state index in [9.17, 15) is 4.79 Å². The van der Waals surface area contributed by atoms with E-state index in [4.69, 9.17) is 10.8 Å². The first-order valence-corrected chi connectivity index (χ1v) is 5.83. The van der Waals surface area contributed by atoms with E-state index in [0.717, 1.165) is 32.5 Å². The minimum absolute atomic E-state index is 0.192. The summed E-state index contributed by atoms with van der Waals surface area (Å²) in [5.41, 5.74) is 5.67. The molecule has 1 rings (SSSR count). The fraction of sp³-hybridized carbons (Fsp3) is 0.909. The van der Waals surface area contributed by atoms with Crippen molar-refractivity contribution in [2.24, 2.45) is 11.7 Å². The molecule has 0 bridgehead atoms. The zero-order valence-corrected chi connectivity index (χ0v) is 9.48. The fourth-order valence-corrected chi connectivity index (χ4v) is 2.35. The first-order chi connectivity index (χ1) is 7.17. The van der Waals surface area contributed by atoms with Crippen LogP contribution in [0.15, 0.2) is 0 Å². The smallest absolute Gasteiger partial charge is 0.304 e. The monoisotopic (exact) mass is 214 g/mol. The Hall–Kier alpha value is -0.610. The fourth-order valence-electron chi connectivity index (χ4n) is 2.35. The molecular formula is C11H22N2O2. The summed E-state index contributed by atoms with van der Waals surface area (Å²) in [6, 6.07) is 0.192. The number of carboxylic acids is 1. The molecule has 2 atom stereocenters. The molecule has 4 heteroatoms. The van der Waals surface area contributed by atoms with Gasteiger partial charge in [0.2, 0.25) is 0 Å². The predicted molar refractivity (Wildman–Crippen MR) is 59.7 cm³/mol. The zero-order valence-electron chi connectivity index (χ0n) is 9.48. The second-order valence-electron chi connectivity index (χ2n) is 4.40. The molecule has 1 heterocycles. The Morgan fingerprint density at radius 2 is 2.40 bits per heavy atom. The first kappa shape index (κ1) is 12.5. The maximum Gasteiger partial charge on any atom is 0.304 e. The van der Waals surface area contributed by atoms with E-state index in [1.807, 2.05) is 0 Å². The average molecular weight is 214 g/mol. The van der Waals surface area contributed by atoms with Crippen molar-refractivity contribution in [1.29, 1.82) is 0 Å². The first-order valence-electron chi connectivity index (χ1n) is 5.83. The van der Waals surface area contributed by atoms with Gasteiger partial charge in [-0.1, -0.05) is 6.92 Å². The summed E-state index contributed by atoms with van der Waals surface area (Å²) in [5, 5.41) is 8.82. The number of carbonyl (C=O) groups is 1. The molecule has 88 valence electrons. The highest BCUT2D eigenvalue weighted by molar-refractivity contribution is 5.67. The Bertz CT molecular complexity index is 209. The predicted octanol–water partition coefficient (Wildman–Crippen LogP) is 0.910. The van der Waals surface area contributed by atoms with Crippen molar-refractivity contribution >= 4 is 5.97 Å². The second-order valence-corrected chi connectivity index (χ2v) is 4.40. The molecule has 0 aromatic rings. The van der Waals surface area contributed by atoms with E-state index in [-0.39, 0.29) is 12.5 Å². The topological polar surface area (TPSA) is 66.6 Å². The SMILES string of the molecule is CCC(CC(=O)O)N1CCCC(CN)C1. The van der Waals surface area contributed by atoms with E-state index in [1.54, 1.807) is 0 Å². The van der Waals surface area contributed by atoms with Gasteiger partial charge in [0, 0.05) is 12.6 Å². The molecule has 0 aromatic heterocycles. The van der Waals surface area contributed by atoms with Crippen LogP contribution in [0.2, 0.25) is 0 Å². The van der Waals surface area contributed by atoms with Gasteiger partial charge in [0.1, 0.15) is 0 Å². The zero-order chi connectivity index (χ0) is 11.3. The van der Waals surface area contributed by atoms with Crippen molar-refractivity contribution in [3.05, 3.63) is 0 Å². The van der Waals surface area contributed by atoms with Crippen LogP contribution in [0, 0.1) is 5.92 Å². The summed E-state index contributed by atoms with van der Waals surface area (Å²) in [4.78, 5) is 13.0. The number of nitrogens with zero attached hydrogens (tertiary/aromatic N) is 1. The molecule has 15 heavy (non-hydrogen) atoms. The second kappa shape index (κ2) is 6.08. The van der Waals surface area contributed by atoms with Crippen LogP contribution < -0.4 is 5.73 Å². The molecular weight excluding hydrogens is 192 g/mol. The summed E-state index contributed by atoms with van der Waals surface area (Å²) >= 11 is 0. The van der Waals surface area contributed by atoms with Gasteiger partial charge in [0.25, 0.3) is 0 Å². The van der Waals surface area contributed by atoms with E-state index in [0.29, 0.717) is 5.92 Å². The van der Waals surface area contributed by atoms with Crippen LogP contribution in [-0.2, 0) is 4.79 Å². The Labute approximate surface area is 91.4 Å². The third-order valence-corrected chi connectivity index (χ3v) is 3.28. The van der Waals surface area contributed by atoms with E-state index >= 15 is 0 Å². The van der Waals surface area contributed by atoms with Gasteiger partial charge in [0.05, 0.1) is 6.42 Å². The number of nitrogens with two attached hydrogens (primary N) is 1. The van der Waals surface area contributed by atoms with Crippen LogP contribution in [0.1, 0.15) is 32.6 Å². The summed E-state index contributed by atoms with van der Waals surface area (Å²) < 4.78 is 0. The number of likely N-dealkylation sites (tertiary alicyclic amines) is 1. The largest absolute Gasteiger partial charge is 0.481 e. The molecule has 0 amide bonds. The normalized spacial score (nSPS) is 25.1. The molecule has 0 aromatic carbocycles. The molecule has 0 aliphatic carbocycles. The van der Waals surface area contributed by atoms with Crippen LogP contribution in [0.3, 0.4) is 0 Å². The number of carboxylic acid groups (broad SMARTS) is 1. The van der Waals surface area contributed by atoms with Crippen LogP contribution in [-0.4, -0.2) is 41.7 Å². The lowest BCUT2D eigenvalue weighted by molar-refractivity contribution is -0.138. The lowest BCUT2D eigenvalue weighted by Gasteiger charge is -2.37. The number of aliphatic carboxylic acids is 1. The van der Waals surface area contributed by atoms with Crippen molar-refractivity contribution in [2.75, 3.05) is 19.6 Å². The third kappa shape index (κ3) is 3.80. The van der Waals surface area contributed by atoms with E-state index in [2.05, 4.69) is 11.8 Å². The van der Waals surface area contributed by atoms with E-state index < -0.39 is 5.97 Å². The molecule has 1 aliphatic heterocycles. The lowest BCUT2D eigenvalue weighted by Crippen LogP contribution is -2.45. The summed E-state index contributed by atoms with van der Waals surface area (Å²) in [6.07, 6.45) is 3.51. The van der Waals surface area contributed by atoms with Crippen molar-refractivity contribution in [3.63, 3.8) is 0 Å². The van der Waals surface area contributed by atoms with Gasteiger partial charge in [-0.05, 0) is 38.3 Å². The van der Waals surface area contributed by atoms with Crippen molar-refractivity contribution < 1.29 is 9.90 Å². The van der Waals surface area contributed by atoms with Crippen LogP contribution in [0.4, 0.5) is 0 Å². The Balaban J connectivity index is 2.47. The van der Waals surface area contributed by atoms with Crippen LogP contribution >= 0.6 is 0 Å². The molecule has 0 spiro atoms. The Morgan fingerprint density at radius 1 is 1.67 bits per heavy atom.